The lowest BCUT2D eigenvalue weighted by molar-refractivity contribution is 0.628. The Morgan fingerprint density at radius 1 is 0.739 bits per heavy atom. The van der Waals surface area contributed by atoms with E-state index in [0.717, 1.165) is 33.3 Å². The summed E-state index contributed by atoms with van der Waals surface area (Å²) in [5, 5.41) is 1.15. The molecule has 112 valence electrons. The SMILES string of the molecule is Cc1ccc(-c2[nH]c3ccccc3c2-c2ccc(F)cc2)cc1. The van der Waals surface area contributed by atoms with Gasteiger partial charge >= 0.3 is 0 Å². The van der Waals surface area contributed by atoms with Gasteiger partial charge in [0.05, 0.1) is 5.69 Å². The number of halogens is 1. The molecule has 4 aromatic rings. The van der Waals surface area contributed by atoms with E-state index in [4.69, 9.17) is 0 Å². The van der Waals surface area contributed by atoms with Gasteiger partial charge < -0.3 is 4.98 Å². The van der Waals surface area contributed by atoms with Gasteiger partial charge in [-0.05, 0) is 36.2 Å². The van der Waals surface area contributed by atoms with Crippen molar-refractivity contribution in [3.05, 3.63) is 84.2 Å². The summed E-state index contributed by atoms with van der Waals surface area (Å²) in [5.41, 5.74) is 6.64. The van der Waals surface area contributed by atoms with Gasteiger partial charge in [-0.2, -0.15) is 0 Å². The molecule has 2 heteroatoms. The van der Waals surface area contributed by atoms with Crippen molar-refractivity contribution in [1.29, 1.82) is 0 Å². The fourth-order valence-electron chi connectivity index (χ4n) is 3.00. The molecule has 0 spiro atoms. The number of para-hydroxylation sites is 1. The van der Waals surface area contributed by atoms with Gasteiger partial charge in [0.1, 0.15) is 5.82 Å². The van der Waals surface area contributed by atoms with Gasteiger partial charge in [0, 0.05) is 16.5 Å². The Morgan fingerprint density at radius 2 is 1.39 bits per heavy atom. The zero-order chi connectivity index (χ0) is 15.8. The number of aryl methyl sites for hydroxylation is 1. The quantitative estimate of drug-likeness (QED) is 0.471. The highest BCUT2D eigenvalue weighted by molar-refractivity contribution is 6.03. The summed E-state index contributed by atoms with van der Waals surface area (Å²) in [7, 11) is 0. The number of H-pyrrole nitrogens is 1. The smallest absolute Gasteiger partial charge is 0.123 e. The first-order valence-electron chi connectivity index (χ1n) is 7.66. The summed E-state index contributed by atoms with van der Waals surface area (Å²) < 4.78 is 13.3. The lowest BCUT2D eigenvalue weighted by Gasteiger charge is -2.06. The van der Waals surface area contributed by atoms with Crippen molar-refractivity contribution in [2.24, 2.45) is 0 Å². The summed E-state index contributed by atoms with van der Waals surface area (Å²) in [5.74, 6) is -0.217. The van der Waals surface area contributed by atoms with Crippen molar-refractivity contribution in [3.63, 3.8) is 0 Å². The van der Waals surface area contributed by atoms with Gasteiger partial charge in [0.15, 0.2) is 0 Å². The van der Waals surface area contributed by atoms with Crippen LogP contribution in [0.2, 0.25) is 0 Å². The molecule has 1 N–H and O–H groups in total. The molecular formula is C21H16FN. The first-order valence-corrected chi connectivity index (χ1v) is 7.66. The molecule has 23 heavy (non-hydrogen) atoms. The van der Waals surface area contributed by atoms with Gasteiger partial charge in [-0.25, -0.2) is 4.39 Å². The highest BCUT2D eigenvalue weighted by atomic mass is 19.1. The molecule has 3 aromatic carbocycles. The van der Waals surface area contributed by atoms with Crippen molar-refractivity contribution < 1.29 is 4.39 Å². The highest BCUT2D eigenvalue weighted by Gasteiger charge is 2.14. The Labute approximate surface area is 134 Å². The molecule has 1 heterocycles. The molecule has 1 nitrogen and oxygen atoms in total. The van der Waals surface area contributed by atoms with Crippen LogP contribution >= 0.6 is 0 Å². The average molecular weight is 301 g/mol. The molecule has 0 fully saturated rings. The van der Waals surface area contributed by atoms with E-state index < -0.39 is 0 Å². The number of aromatic nitrogens is 1. The Balaban J connectivity index is 2.01. The van der Waals surface area contributed by atoms with Crippen LogP contribution in [0.25, 0.3) is 33.3 Å². The van der Waals surface area contributed by atoms with Crippen LogP contribution in [0.3, 0.4) is 0 Å². The van der Waals surface area contributed by atoms with Crippen molar-refractivity contribution in [2.45, 2.75) is 6.92 Å². The Morgan fingerprint density at radius 3 is 2.13 bits per heavy atom. The molecular weight excluding hydrogens is 285 g/mol. The molecule has 0 saturated heterocycles. The van der Waals surface area contributed by atoms with Crippen molar-refractivity contribution in [1.82, 2.24) is 4.98 Å². The molecule has 0 atom stereocenters. The van der Waals surface area contributed by atoms with Gasteiger partial charge in [-0.1, -0.05) is 60.2 Å². The van der Waals surface area contributed by atoms with Gasteiger partial charge in [0.2, 0.25) is 0 Å². The van der Waals surface area contributed by atoms with Crippen LogP contribution in [0, 0.1) is 12.7 Å². The number of rotatable bonds is 2. The van der Waals surface area contributed by atoms with E-state index in [9.17, 15) is 4.39 Å². The minimum Gasteiger partial charge on any atom is -0.354 e. The molecule has 0 radical (unpaired) electrons. The van der Waals surface area contributed by atoms with Crippen molar-refractivity contribution in [2.75, 3.05) is 0 Å². The van der Waals surface area contributed by atoms with Gasteiger partial charge in [-0.15, -0.1) is 0 Å². The number of nitrogens with one attached hydrogen (secondary N) is 1. The zero-order valence-corrected chi connectivity index (χ0v) is 12.8. The second kappa shape index (κ2) is 5.40. The largest absolute Gasteiger partial charge is 0.354 e. The molecule has 0 aliphatic heterocycles. The molecule has 1 aromatic heterocycles. The number of hydrogen-bond acceptors (Lipinski definition) is 0. The van der Waals surface area contributed by atoms with E-state index in [1.807, 2.05) is 24.3 Å². The fraction of sp³-hybridized carbons (Fsp3) is 0.0476. The second-order valence-corrected chi connectivity index (χ2v) is 5.79. The maximum Gasteiger partial charge on any atom is 0.123 e. The third-order valence-corrected chi connectivity index (χ3v) is 4.18. The monoisotopic (exact) mass is 301 g/mol. The molecule has 0 unspecified atom stereocenters. The van der Waals surface area contributed by atoms with Crippen LogP contribution in [0.1, 0.15) is 5.56 Å². The minimum absolute atomic E-state index is 0.217. The predicted octanol–water partition coefficient (Wildman–Crippen LogP) is 5.95. The lowest BCUT2D eigenvalue weighted by atomic mass is 9.98. The molecule has 0 amide bonds. The van der Waals surface area contributed by atoms with Crippen molar-refractivity contribution in [3.8, 4) is 22.4 Å². The van der Waals surface area contributed by atoms with Crippen LogP contribution in [-0.2, 0) is 0 Å². The average Bonchev–Trinajstić information content (AvgIpc) is 2.96. The highest BCUT2D eigenvalue weighted by Crippen LogP contribution is 2.38. The molecule has 4 rings (SSSR count). The van der Waals surface area contributed by atoms with E-state index in [1.165, 1.54) is 17.7 Å². The number of aromatic amines is 1. The normalized spacial score (nSPS) is 11.0. The van der Waals surface area contributed by atoms with Crippen molar-refractivity contribution >= 4 is 10.9 Å². The van der Waals surface area contributed by atoms with Crippen LogP contribution in [0.15, 0.2) is 72.8 Å². The number of fused-ring (bicyclic) bond motifs is 1. The standard InChI is InChI=1S/C21H16FN/c1-14-6-8-16(9-7-14)21-20(15-10-12-17(22)13-11-15)18-4-2-3-5-19(18)23-21/h2-13,23H,1H3. The van der Waals surface area contributed by atoms with Crippen LogP contribution < -0.4 is 0 Å². The first kappa shape index (κ1) is 13.8. The van der Waals surface area contributed by atoms with Gasteiger partial charge in [0.25, 0.3) is 0 Å². The fourth-order valence-corrected chi connectivity index (χ4v) is 3.00. The van der Waals surface area contributed by atoms with Crippen LogP contribution in [0.4, 0.5) is 4.39 Å². The topological polar surface area (TPSA) is 15.8 Å². The summed E-state index contributed by atoms with van der Waals surface area (Å²) in [6.45, 7) is 2.08. The second-order valence-electron chi connectivity index (χ2n) is 5.79. The molecule has 0 saturated carbocycles. The Hall–Kier alpha value is -2.87. The van der Waals surface area contributed by atoms with Gasteiger partial charge in [-0.3, -0.25) is 0 Å². The maximum absolute atomic E-state index is 13.3. The summed E-state index contributed by atoms with van der Waals surface area (Å²) >= 11 is 0. The first-order chi connectivity index (χ1) is 11.2. The molecule has 0 aliphatic carbocycles. The summed E-state index contributed by atoms with van der Waals surface area (Å²) in [6.07, 6.45) is 0. The number of benzene rings is 3. The minimum atomic E-state index is -0.217. The van der Waals surface area contributed by atoms with Crippen LogP contribution in [0.5, 0.6) is 0 Å². The maximum atomic E-state index is 13.3. The Bertz CT molecular complexity index is 963. The lowest BCUT2D eigenvalue weighted by Crippen LogP contribution is -1.84. The third kappa shape index (κ3) is 2.42. The molecule has 0 aliphatic rings. The van der Waals surface area contributed by atoms with Crippen LogP contribution in [-0.4, -0.2) is 4.98 Å². The van der Waals surface area contributed by atoms with E-state index in [1.54, 1.807) is 0 Å². The zero-order valence-electron chi connectivity index (χ0n) is 12.8. The third-order valence-electron chi connectivity index (χ3n) is 4.18. The summed E-state index contributed by atoms with van der Waals surface area (Å²) in [4.78, 5) is 3.52. The van der Waals surface area contributed by atoms with E-state index in [2.05, 4.69) is 48.3 Å². The molecule has 0 bridgehead atoms. The van der Waals surface area contributed by atoms with E-state index in [0.29, 0.717) is 0 Å². The number of hydrogen-bond donors (Lipinski definition) is 1. The summed E-state index contributed by atoms with van der Waals surface area (Å²) in [6, 6.07) is 23.4. The van der Waals surface area contributed by atoms with E-state index in [-0.39, 0.29) is 5.82 Å². The Kier molecular flexibility index (Phi) is 3.23. The predicted molar refractivity (Wildman–Crippen MR) is 93.9 cm³/mol. The van der Waals surface area contributed by atoms with E-state index >= 15 is 0 Å².